The molecule has 0 aromatic heterocycles. The Labute approximate surface area is 76.3 Å². The maximum absolute atomic E-state index is 11.1. The van der Waals surface area contributed by atoms with Crippen LogP contribution in [-0.4, -0.2) is 21.9 Å². The molecule has 0 radical (unpaired) electrons. The minimum Gasteiger partial charge on any atom is -0.306 e. The molecule has 2 aliphatic heterocycles. The van der Waals surface area contributed by atoms with Crippen molar-refractivity contribution in [1.29, 1.82) is 0 Å². The molecule has 0 spiro atoms. The lowest BCUT2D eigenvalue weighted by Crippen LogP contribution is -2.49. The minimum atomic E-state index is 0.242. The quantitative estimate of drug-likeness (QED) is 0.574. The van der Waals surface area contributed by atoms with Gasteiger partial charge in [0.25, 0.3) is 0 Å². The van der Waals surface area contributed by atoms with Gasteiger partial charge in [0.05, 0.1) is 11.8 Å². The zero-order valence-electron chi connectivity index (χ0n) is 7.04. The Bertz CT molecular complexity index is 282. The molecule has 1 atom stereocenters. The smallest absolute Gasteiger partial charge is 0.230 e. The summed E-state index contributed by atoms with van der Waals surface area (Å²) in [5.41, 5.74) is 2.27. The zero-order chi connectivity index (χ0) is 8.72. The van der Waals surface area contributed by atoms with Gasteiger partial charge in [-0.05, 0) is 12.5 Å². The monoisotopic (exact) mass is 181 g/mol. The molecular formula is C9H11NOS. The summed E-state index contributed by atoms with van der Waals surface area (Å²) in [5.74, 6) is 1.25. The van der Waals surface area contributed by atoms with E-state index in [-0.39, 0.29) is 5.91 Å². The Morgan fingerprint density at radius 3 is 3.17 bits per heavy atom. The third-order valence-electron chi connectivity index (χ3n) is 2.22. The number of hydrogen-bond donors (Lipinski definition) is 0. The van der Waals surface area contributed by atoms with Gasteiger partial charge in [-0.1, -0.05) is 12.2 Å². The molecule has 1 amide bonds. The molecule has 2 rings (SSSR count). The minimum absolute atomic E-state index is 0.242. The first kappa shape index (κ1) is 7.92. The molecule has 2 heterocycles. The van der Waals surface area contributed by atoms with Gasteiger partial charge in [-0.2, -0.15) is 0 Å². The topological polar surface area (TPSA) is 20.3 Å². The Balaban J connectivity index is 2.19. The van der Waals surface area contributed by atoms with E-state index >= 15 is 0 Å². The summed E-state index contributed by atoms with van der Waals surface area (Å²) < 4.78 is 0. The number of thioether (sulfide) groups is 1. The number of carbonyl (C=O) groups is 1. The van der Waals surface area contributed by atoms with Crippen molar-refractivity contribution in [2.24, 2.45) is 0 Å². The van der Waals surface area contributed by atoms with Gasteiger partial charge >= 0.3 is 0 Å². The average Bonchev–Trinajstić information content (AvgIpc) is 2.02. The summed E-state index contributed by atoms with van der Waals surface area (Å²) in [6, 6.07) is 0. The van der Waals surface area contributed by atoms with Gasteiger partial charge in [-0.15, -0.1) is 11.8 Å². The Morgan fingerprint density at radius 2 is 2.58 bits per heavy atom. The van der Waals surface area contributed by atoms with Crippen LogP contribution in [0.3, 0.4) is 0 Å². The van der Waals surface area contributed by atoms with Gasteiger partial charge < -0.3 is 4.90 Å². The molecule has 2 aliphatic rings. The van der Waals surface area contributed by atoms with Gasteiger partial charge in [-0.3, -0.25) is 4.79 Å². The molecule has 0 bridgehead atoms. The molecule has 0 aromatic rings. The van der Waals surface area contributed by atoms with E-state index in [1.807, 2.05) is 29.8 Å². The zero-order valence-corrected chi connectivity index (χ0v) is 7.86. The number of nitrogens with zero attached hydrogens (tertiary/aromatic N) is 1. The maximum atomic E-state index is 11.1. The van der Waals surface area contributed by atoms with E-state index < -0.39 is 0 Å². The Kier molecular flexibility index (Phi) is 1.76. The van der Waals surface area contributed by atoms with Crippen LogP contribution in [0.4, 0.5) is 0 Å². The first-order chi connectivity index (χ1) is 5.68. The van der Waals surface area contributed by atoms with Crippen LogP contribution >= 0.6 is 11.8 Å². The summed E-state index contributed by atoms with van der Waals surface area (Å²) in [5, 5.41) is 0.417. The molecule has 0 N–H and O–H groups in total. The predicted molar refractivity (Wildman–Crippen MR) is 50.6 cm³/mol. The van der Waals surface area contributed by atoms with E-state index in [1.54, 1.807) is 0 Å². The fourth-order valence-electron chi connectivity index (χ4n) is 1.32. The largest absolute Gasteiger partial charge is 0.306 e. The second-order valence-corrected chi connectivity index (χ2v) is 4.37. The van der Waals surface area contributed by atoms with Gasteiger partial charge in [0.15, 0.2) is 0 Å². The summed E-state index contributed by atoms with van der Waals surface area (Å²) in [6.45, 7) is 5.85. The summed E-state index contributed by atoms with van der Waals surface area (Å²) >= 11 is 1.83. The average molecular weight is 181 g/mol. The van der Waals surface area contributed by atoms with Crippen LogP contribution in [0.5, 0.6) is 0 Å². The molecule has 64 valence electrons. The van der Waals surface area contributed by atoms with Crippen LogP contribution < -0.4 is 0 Å². The molecule has 0 saturated carbocycles. The molecule has 12 heavy (non-hydrogen) atoms. The normalized spacial score (nSPS) is 27.4. The van der Waals surface area contributed by atoms with Crippen molar-refractivity contribution in [3.8, 4) is 0 Å². The van der Waals surface area contributed by atoms with Crippen molar-refractivity contribution in [2.45, 2.75) is 18.7 Å². The van der Waals surface area contributed by atoms with Crippen molar-refractivity contribution in [3.63, 3.8) is 0 Å². The lowest BCUT2D eigenvalue weighted by molar-refractivity contribution is -0.137. The molecule has 0 aliphatic carbocycles. The SMILES string of the molecule is C=C(C)C1=CN2C(=O)C[C@H]2SC1. The highest BCUT2D eigenvalue weighted by molar-refractivity contribution is 8.00. The second kappa shape index (κ2) is 2.66. The highest BCUT2D eigenvalue weighted by Gasteiger charge is 2.37. The number of β-lactam (4-membered cyclic amide) rings is 1. The van der Waals surface area contributed by atoms with Crippen LogP contribution in [0.15, 0.2) is 23.9 Å². The first-order valence-electron chi connectivity index (χ1n) is 3.98. The van der Waals surface area contributed by atoms with Gasteiger partial charge in [0.2, 0.25) is 5.91 Å². The van der Waals surface area contributed by atoms with Crippen molar-refractivity contribution in [1.82, 2.24) is 4.90 Å². The van der Waals surface area contributed by atoms with Crippen molar-refractivity contribution in [3.05, 3.63) is 23.9 Å². The predicted octanol–water partition coefficient (Wildman–Crippen LogP) is 1.75. The molecule has 2 nitrogen and oxygen atoms in total. The number of amides is 1. The van der Waals surface area contributed by atoms with E-state index in [1.165, 1.54) is 5.57 Å². The van der Waals surface area contributed by atoms with Gasteiger partial charge in [0, 0.05) is 12.0 Å². The Hall–Kier alpha value is -0.700. The van der Waals surface area contributed by atoms with Crippen LogP contribution in [0, 0.1) is 0 Å². The van der Waals surface area contributed by atoms with E-state index in [9.17, 15) is 4.79 Å². The highest BCUT2D eigenvalue weighted by Crippen LogP contribution is 2.36. The lowest BCUT2D eigenvalue weighted by Gasteiger charge is -2.41. The number of hydrogen-bond acceptors (Lipinski definition) is 2. The summed E-state index contributed by atoms with van der Waals surface area (Å²) in [6.07, 6.45) is 2.67. The van der Waals surface area contributed by atoms with Crippen LogP contribution in [0.2, 0.25) is 0 Å². The fourth-order valence-corrected chi connectivity index (χ4v) is 2.61. The first-order valence-corrected chi connectivity index (χ1v) is 5.02. The van der Waals surface area contributed by atoms with Gasteiger partial charge in [-0.25, -0.2) is 0 Å². The van der Waals surface area contributed by atoms with E-state index in [2.05, 4.69) is 6.58 Å². The molecule has 0 aromatic carbocycles. The Morgan fingerprint density at radius 1 is 1.83 bits per heavy atom. The van der Waals surface area contributed by atoms with Crippen LogP contribution in [-0.2, 0) is 4.79 Å². The maximum Gasteiger partial charge on any atom is 0.230 e. The highest BCUT2D eigenvalue weighted by atomic mass is 32.2. The van der Waals surface area contributed by atoms with Crippen molar-refractivity contribution >= 4 is 17.7 Å². The fraction of sp³-hybridized carbons (Fsp3) is 0.444. The number of rotatable bonds is 1. The van der Waals surface area contributed by atoms with E-state index in [0.717, 1.165) is 11.3 Å². The number of allylic oxidation sites excluding steroid dienone is 1. The number of fused-ring (bicyclic) bond motifs is 1. The molecule has 3 heteroatoms. The summed E-state index contributed by atoms with van der Waals surface area (Å²) in [7, 11) is 0. The third kappa shape index (κ3) is 1.08. The number of carbonyl (C=O) groups excluding carboxylic acids is 1. The van der Waals surface area contributed by atoms with Crippen LogP contribution in [0.1, 0.15) is 13.3 Å². The molecule has 1 fully saturated rings. The molecule has 0 unspecified atom stereocenters. The lowest BCUT2D eigenvalue weighted by atomic mass is 10.1. The van der Waals surface area contributed by atoms with Crippen molar-refractivity contribution in [2.75, 3.05) is 5.75 Å². The van der Waals surface area contributed by atoms with Crippen LogP contribution in [0.25, 0.3) is 0 Å². The molecule has 1 saturated heterocycles. The third-order valence-corrected chi connectivity index (χ3v) is 3.48. The van der Waals surface area contributed by atoms with Crippen molar-refractivity contribution < 1.29 is 4.79 Å². The van der Waals surface area contributed by atoms with E-state index in [4.69, 9.17) is 0 Å². The second-order valence-electron chi connectivity index (χ2n) is 3.21. The van der Waals surface area contributed by atoms with E-state index in [0.29, 0.717) is 11.8 Å². The standard InChI is InChI=1S/C9H11NOS/c1-6(2)7-4-10-8(11)3-9(10)12-5-7/h4,9H,1,3,5H2,2H3/t9-/m1/s1. The summed E-state index contributed by atoms with van der Waals surface area (Å²) in [4.78, 5) is 12.9. The van der Waals surface area contributed by atoms with Gasteiger partial charge in [0.1, 0.15) is 0 Å². The molecular weight excluding hydrogens is 170 g/mol.